The smallest absolute Gasteiger partial charge is 0.244 e. The number of hydrogen-bond donors (Lipinski definition) is 1. The number of carbonyl (C=O) groups is 2. The Bertz CT molecular complexity index is 723. The fourth-order valence-electron chi connectivity index (χ4n) is 2.43. The van der Waals surface area contributed by atoms with Crippen LogP contribution in [0.3, 0.4) is 0 Å². The van der Waals surface area contributed by atoms with Gasteiger partial charge in [0.25, 0.3) is 0 Å². The molecule has 4 nitrogen and oxygen atoms in total. The second-order valence-electron chi connectivity index (χ2n) is 5.48. The summed E-state index contributed by atoms with van der Waals surface area (Å²) in [5.74, 6) is -0.515. The van der Waals surface area contributed by atoms with Crippen LogP contribution >= 0.6 is 11.6 Å². The van der Waals surface area contributed by atoms with Gasteiger partial charge < -0.3 is 10.2 Å². The van der Waals surface area contributed by atoms with Gasteiger partial charge in [0.05, 0.1) is 10.7 Å². The number of aryl methyl sites for hydroxylation is 2. The van der Waals surface area contributed by atoms with Crippen molar-refractivity contribution in [3.63, 3.8) is 0 Å². The second-order valence-corrected chi connectivity index (χ2v) is 5.89. The molecule has 2 aromatic rings. The van der Waals surface area contributed by atoms with Crippen LogP contribution in [0.1, 0.15) is 18.1 Å². The van der Waals surface area contributed by atoms with Gasteiger partial charge in [-0.3, -0.25) is 9.59 Å². The van der Waals surface area contributed by atoms with E-state index in [9.17, 15) is 9.59 Å². The lowest BCUT2D eigenvalue weighted by Gasteiger charge is -2.21. The number of nitrogens with one attached hydrogen (secondary N) is 1. The number of anilines is 2. The number of hydrogen-bond acceptors (Lipinski definition) is 2. The van der Waals surface area contributed by atoms with Crippen LogP contribution in [0, 0.1) is 13.8 Å². The molecule has 0 radical (unpaired) electrons. The fourth-order valence-corrected chi connectivity index (χ4v) is 2.67. The van der Waals surface area contributed by atoms with Crippen molar-refractivity contribution >= 4 is 34.8 Å². The maximum atomic E-state index is 12.3. The van der Waals surface area contributed by atoms with Gasteiger partial charge in [-0.05, 0) is 49.2 Å². The molecular formula is C18H19ClN2O2. The van der Waals surface area contributed by atoms with Gasteiger partial charge in [-0.15, -0.1) is 0 Å². The van der Waals surface area contributed by atoms with Crippen LogP contribution in [0.5, 0.6) is 0 Å². The Morgan fingerprint density at radius 1 is 1.09 bits per heavy atom. The zero-order valence-corrected chi connectivity index (χ0v) is 14.1. The van der Waals surface area contributed by atoms with E-state index in [1.165, 1.54) is 11.8 Å². The first-order chi connectivity index (χ1) is 10.9. The van der Waals surface area contributed by atoms with Crippen molar-refractivity contribution < 1.29 is 9.59 Å². The van der Waals surface area contributed by atoms with Crippen molar-refractivity contribution in [2.75, 3.05) is 16.8 Å². The van der Waals surface area contributed by atoms with Crippen molar-refractivity contribution in [1.82, 2.24) is 0 Å². The zero-order valence-electron chi connectivity index (χ0n) is 13.4. The van der Waals surface area contributed by atoms with Crippen LogP contribution in [0.2, 0.25) is 5.02 Å². The topological polar surface area (TPSA) is 49.4 Å². The number of rotatable bonds is 4. The molecule has 0 aliphatic heterocycles. The van der Waals surface area contributed by atoms with Crippen LogP contribution in [0.4, 0.5) is 11.4 Å². The van der Waals surface area contributed by atoms with Gasteiger partial charge in [-0.25, -0.2) is 0 Å². The molecule has 2 amide bonds. The molecule has 0 unspecified atom stereocenters. The highest BCUT2D eigenvalue weighted by atomic mass is 35.5. The van der Waals surface area contributed by atoms with E-state index in [1.807, 2.05) is 32.0 Å². The van der Waals surface area contributed by atoms with Crippen molar-refractivity contribution in [3.8, 4) is 0 Å². The third-order valence-corrected chi connectivity index (χ3v) is 3.65. The number of amides is 2. The lowest BCUT2D eigenvalue weighted by Crippen LogP contribution is -2.36. The van der Waals surface area contributed by atoms with Crippen LogP contribution in [0.25, 0.3) is 0 Å². The number of halogens is 1. The molecule has 0 aromatic heterocycles. The molecule has 120 valence electrons. The van der Waals surface area contributed by atoms with Crippen LogP contribution in [-0.4, -0.2) is 18.4 Å². The van der Waals surface area contributed by atoms with Crippen molar-refractivity contribution in [2.24, 2.45) is 0 Å². The number of carbonyl (C=O) groups excluding carboxylic acids is 2. The SMILES string of the molecule is CC(=O)N(CC(=O)Nc1cc(C)cc(C)c1)c1ccccc1Cl. The zero-order chi connectivity index (χ0) is 17.0. The summed E-state index contributed by atoms with van der Waals surface area (Å²) in [4.78, 5) is 25.5. The summed E-state index contributed by atoms with van der Waals surface area (Å²) in [6.07, 6.45) is 0. The highest BCUT2D eigenvalue weighted by Crippen LogP contribution is 2.25. The van der Waals surface area contributed by atoms with E-state index in [-0.39, 0.29) is 18.4 Å². The molecule has 2 rings (SSSR count). The molecule has 2 aromatic carbocycles. The minimum absolute atomic E-state index is 0.0912. The summed E-state index contributed by atoms with van der Waals surface area (Å²) >= 11 is 6.12. The van der Waals surface area contributed by atoms with Crippen LogP contribution in [-0.2, 0) is 9.59 Å². The molecule has 0 spiro atoms. The Kier molecular flexibility index (Phi) is 5.40. The molecule has 0 saturated heterocycles. The summed E-state index contributed by atoms with van der Waals surface area (Å²) in [5.41, 5.74) is 3.37. The van der Waals surface area contributed by atoms with Gasteiger partial charge in [-0.1, -0.05) is 29.8 Å². The highest BCUT2D eigenvalue weighted by molar-refractivity contribution is 6.33. The van der Waals surface area contributed by atoms with Gasteiger partial charge in [0.1, 0.15) is 6.54 Å². The quantitative estimate of drug-likeness (QED) is 0.922. The molecule has 0 saturated carbocycles. The maximum Gasteiger partial charge on any atom is 0.244 e. The first-order valence-corrected chi connectivity index (χ1v) is 7.65. The molecule has 0 aliphatic carbocycles. The van der Waals surface area contributed by atoms with Crippen molar-refractivity contribution in [3.05, 3.63) is 58.6 Å². The van der Waals surface area contributed by atoms with Gasteiger partial charge in [0.15, 0.2) is 0 Å². The average molecular weight is 331 g/mol. The summed E-state index contributed by atoms with van der Waals surface area (Å²) in [5, 5.41) is 3.25. The van der Waals surface area contributed by atoms with Crippen molar-refractivity contribution in [1.29, 1.82) is 0 Å². The fraction of sp³-hybridized carbons (Fsp3) is 0.222. The van der Waals surface area contributed by atoms with Gasteiger partial charge in [0, 0.05) is 12.6 Å². The second kappa shape index (κ2) is 7.29. The summed E-state index contributed by atoms with van der Waals surface area (Å²) < 4.78 is 0. The number of benzene rings is 2. The van der Waals surface area contributed by atoms with Gasteiger partial charge >= 0.3 is 0 Å². The van der Waals surface area contributed by atoms with Gasteiger partial charge in [0.2, 0.25) is 11.8 Å². The summed E-state index contributed by atoms with van der Waals surface area (Å²) in [6.45, 7) is 5.25. The Morgan fingerprint density at radius 3 is 2.26 bits per heavy atom. The number of para-hydroxylation sites is 1. The molecular weight excluding hydrogens is 312 g/mol. The summed E-state index contributed by atoms with van der Waals surface area (Å²) in [7, 11) is 0. The average Bonchev–Trinajstić information content (AvgIpc) is 2.44. The normalized spacial score (nSPS) is 10.3. The first kappa shape index (κ1) is 17.0. The van der Waals surface area contributed by atoms with E-state index >= 15 is 0 Å². The van der Waals surface area contributed by atoms with E-state index in [0.717, 1.165) is 16.8 Å². The Labute approximate surface area is 141 Å². The summed E-state index contributed by atoms with van der Waals surface area (Å²) in [6, 6.07) is 12.8. The van der Waals surface area contributed by atoms with E-state index in [0.29, 0.717) is 10.7 Å². The third kappa shape index (κ3) is 4.57. The number of nitrogens with zero attached hydrogens (tertiary/aromatic N) is 1. The molecule has 0 aliphatic rings. The molecule has 1 N–H and O–H groups in total. The Morgan fingerprint density at radius 2 is 1.70 bits per heavy atom. The third-order valence-electron chi connectivity index (χ3n) is 3.33. The predicted molar refractivity (Wildman–Crippen MR) is 94.0 cm³/mol. The Hall–Kier alpha value is -2.33. The van der Waals surface area contributed by atoms with E-state index in [2.05, 4.69) is 5.32 Å². The first-order valence-electron chi connectivity index (χ1n) is 7.27. The molecule has 23 heavy (non-hydrogen) atoms. The molecule has 0 atom stereocenters. The lowest BCUT2D eigenvalue weighted by atomic mass is 10.1. The largest absolute Gasteiger partial charge is 0.325 e. The highest BCUT2D eigenvalue weighted by Gasteiger charge is 2.18. The molecule has 0 bridgehead atoms. The van der Waals surface area contributed by atoms with Crippen molar-refractivity contribution in [2.45, 2.75) is 20.8 Å². The minimum atomic E-state index is -0.273. The van der Waals surface area contributed by atoms with Gasteiger partial charge in [-0.2, -0.15) is 0 Å². The van der Waals surface area contributed by atoms with Crippen LogP contribution in [0.15, 0.2) is 42.5 Å². The standard InChI is InChI=1S/C18H19ClN2O2/c1-12-8-13(2)10-15(9-12)20-18(23)11-21(14(3)22)17-7-5-4-6-16(17)19/h4-10H,11H2,1-3H3,(H,20,23). The van der Waals surface area contributed by atoms with E-state index in [4.69, 9.17) is 11.6 Å². The van der Waals surface area contributed by atoms with E-state index in [1.54, 1.807) is 24.3 Å². The monoisotopic (exact) mass is 330 g/mol. The lowest BCUT2D eigenvalue weighted by molar-refractivity contribution is -0.120. The predicted octanol–water partition coefficient (Wildman–Crippen LogP) is 3.95. The minimum Gasteiger partial charge on any atom is -0.325 e. The van der Waals surface area contributed by atoms with E-state index < -0.39 is 0 Å². The Balaban J connectivity index is 2.16. The maximum absolute atomic E-state index is 12.3. The van der Waals surface area contributed by atoms with Crippen LogP contribution < -0.4 is 10.2 Å². The molecule has 0 fully saturated rings. The molecule has 0 heterocycles. The molecule has 5 heteroatoms.